The van der Waals surface area contributed by atoms with Gasteiger partial charge < -0.3 is 14.6 Å². The number of carbonyl (C=O) groups is 1. The summed E-state index contributed by atoms with van der Waals surface area (Å²) in [5.74, 6) is -0.412. The van der Waals surface area contributed by atoms with E-state index in [1.54, 1.807) is 18.2 Å². The highest BCUT2D eigenvalue weighted by atomic mass is 32.2. The van der Waals surface area contributed by atoms with E-state index in [-0.39, 0.29) is 36.7 Å². The number of methoxy groups -OCH3 is 1. The van der Waals surface area contributed by atoms with Crippen LogP contribution in [-0.4, -0.2) is 26.6 Å². The number of esters is 1. The minimum absolute atomic E-state index is 0. The Labute approximate surface area is 182 Å². The number of carbonyl (C=O) groups excluding carboxylic acids is 1. The first-order valence-electron chi connectivity index (χ1n) is 9.35. The van der Waals surface area contributed by atoms with Crippen molar-refractivity contribution in [2.45, 2.75) is 30.6 Å². The Bertz CT molecular complexity index is 1220. The maximum Gasteiger partial charge on any atom is 0.341 e. The van der Waals surface area contributed by atoms with Gasteiger partial charge in [0.05, 0.1) is 17.3 Å². The van der Waals surface area contributed by atoms with Crippen LogP contribution < -0.4 is 4.74 Å². The molecular formula is C24H24O6S. The molecule has 1 N–H and O–H groups in total. The number of rotatable bonds is 2. The summed E-state index contributed by atoms with van der Waals surface area (Å²) in [7, 11) is -2.58. The molecule has 1 aliphatic rings. The topological polar surface area (TPSA) is 89.9 Å². The summed E-state index contributed by atoms with van der Waals surface area (Å²) in [4.78, 5) is 12.0. The van der Waals surface area contributed by atoms with E-state index in [1.165, 1.54) is 25.3 Å². The van der Waals surface area contributed by atoms with Crippen molar-refractivity contribution in [1.29, 1.82) is 0 Å². The van der Waals surface area contributed by atoms with Crippen molar-refractivity contribution < 1.29 is 27.8 Å². The van der Waals surface area contributed by atoms with Crippen molar-refractivity contribution in [3.8, 4) is 11.5 Å². The summed E-state index contributed by atoms with van der Waals surface area (Å²) in [6.07, 6.45) is 0.153. The van der Waals surface area contributed by atoms with Gasteiger partial charge in [0.2, 0.25) is 0 Å². The lowest BCUT2D eigenvalue weighted by Crippen LogP contribution is -2.18. The van der Waals surface area contributed by atoms with Crippen molar-refractivity contribution in [1.82, 2.24) is 0 Å². The van der Waals surface area contributed by atoms with E-state index in [1.807, 2.05) is 30.3 Å². The number of phenolic OH excluding ortho intramolecular Hbond substituents is 1. The van der Waals surface area contributed by atoms with Gasteiger partial charge in [-0.3, -0.25) is 0 Å². The molecule has 3 aromatic carbocycles. The smallest absolute Gasteiger partial charge is 0.341 e. The molecule has 0 aliphatic carbocycles. The second kappa shape index (κ2) is 8.81. The molecule has 3 aromatic rings. The molecule has 0 saturated carbocycles. The second-order valence-corrected chi connectivity index (χ2v) is 9.18. The van der Waals surface area contributed by atoms with E-state index in [0.717, 1.165) is 11.1 Å². The van der Waals surface area contributed by atoms with Crippen LogP contribution >= 0.6 is 0 Å². The van der Waals surface area contributed by atoms with Crippen LogP contribution in [0.3, 0.4) is 0 Å². The Morgan fingerprint density at radius 1 is 1.06 bits per heavy atom. The van der Waals surface area contributed by atoms with Gasteiger partial charge in [0.25, 0.3) is 0 Å². The Morgan fingerprint density at radius 2 is 1.84 bits per heavy atom. The number of hydrogen-bond acceptors (Lipinski definition) is 6. The minimum atomic E-state index is -3.80. The molecule has 1 heterocycles. The molecule has 1 unspecified atom stereocenters. The number of aromatic hydroxyl groups is 1. The summed E-state index contributed by atoms with van der Waals surface area (Å²) in [6.45, 7) is 0.264. The Morgan fingerprint density at radius 3 is 2.58 bits per heavy atom. The van der Waals surface area contributed by atoms with Gasteiger partial charge in [0.1, 0.15) is 23.7 Å². The van der Waals surface area contributed by atoms with Crippen LogP contribution in [0.5, 0.6) is 11.5 Å². The number of hydrogen-bond donors (Lipinski definition) is 1. The normalized spacial score (nSPS) is 16.7. The van der Waals surface area contributed by atoms with Gasteiger partial charge in [-0.25, -0.2) is 13.2 Å². The first kappa shape index (κ1) is 22.4. The predicted octanol–water partition coefficient (Wildman–Crippen LogP) is 4.47. The molecule has 0 aromatic heterocycles. The standard InChI is InChI=1S/C23H20O6S.CH4/c1-28-23(25)19-10-9-17(12-20(19)24)22-13-16-6-2-3-8-21(16)29-14-15-5-4-7-18(11-15)30(22,26)27;/h2-12,22,24H,13-14H2,1H3;1H4. The maximum absolute atomic E-state index is 13.6. The SMILES string of the molecule is C.COC(=O)c1ccc(C2Cc3ccccc3OCc3cccc(c3)S2(=O)=O)cc1O. The van der Waals surface area contributed by atoms with Crippen molar-refractivity contribution in [2.75, 3.05) is 7.11 Å². The van der Waals surface area contributed by atoms with Gasteiger partial charge in [0, 0.05) is 0 Å². The average molecular weight is 441 g/mol. The minimum Gasteiger partial charge on any atom is -0.507 e. The molecule has 4 rings (SSSR count). The van der Waals surface area contributed by atoms with Gasteiger partial charge in [-0.05, 0) is 53.4 Å². The monoisotopic (exact) mass is 440 g/mol. The van der Waals surface area contributed by atoms with E-state index < -0.39 is 21.1 Å². The van der Waals surface area contributed by atoms with Crippen molar-refractivity contribution in [3.63, 3.8) is 0 Å². The van der Waals surface area contributed by atoms with Gasteiger partial charge in [-0.2, -0.15) is 0 Å². The molecule has 31 heavy (non-hydrogen) atoms. The first-order valence-corrected chi connectivity index (χ1v) is 10.9. The number of sulfone groups is 1. The van der Waals surface area contributed by atoms with Gasteiger partial charge >= 0.3 is 5.97 Å². The van der Waals surface area contributed by atoms with E-state index in [9.17, 15) is 18.3 Å². The molecule has 2 bridgehead atoms. The van der Waals surface area contributed by atoms with Crippen LogP contribution in [0, 0.1) is 0 Å². The summed E-state index contributed by atoms with van der Waals surface area (Å²) >= 11 is 0. The molecule has 162 valence electrons. The van der Waals surface area contributed by atoms with Crippen LogP contribution in [0.25, 0.3) is 0 Å². The van der Waals surface area contributed by atoms with Crippen LogP contribution in [-0.2, 0) is 27.6 Å². The van der Waals surface area contributed by atoms with Gasteiger partial charge in [0.15, 0.2) is 9.84 Å². The lowest BCUT2D eigenvalue weighted by molar-refractivity contribution is 0.0597. The number of fused-ring (bicyclic) bond motifs is 3. The number of phenols is 1. The van der Waals surface area contributed by atoms with Gasteiger partial charge in [-0.15, -0.1) is 0 Å². The zero-order valence-corrected chi connectivity index (χ0v) is 17.1. The zero-order chi connectivity index (χ0) is 21.3. The van der Waals surface area contributed by atoms with E-state index >= 15 is 0 Å². The third kappa shape index (κ3) is 4.27. The van der Waals surface area contributed by atoms with Crippen LogP contribution in [0.2, 0.25) is 0 Å². The number of para-hydroxylation sites is 1. The van der Waals surface area contributed by atoms with E-state index in [2.05, 4.69) is 4.74 Å². The van der Waals surface area contributed by atoms with Crippen molar-refractivity contribution in [3.05, 3.63) is 89.0 Å². The fourth-order valence-corrected chi connectivity index (χ4v) is 5.41. The zero-order valence-electron chi connectivity index (χ0n) is 16.2. The fourth-order valence-electron chi connectivity index (χ4n) is 3.59. The molecule has 0 radical (unpaired) electrons. The third-order valence-electron chi connectivity index (χ3n) is 5.17. The maximum atomic E-state index is 13.6. The van der Waals surface area contributed by atoms with E-state index in [4.69, 9.17) is 4.74 Å². The molecule has 6 nitrogen and oxygen atoms in total. The molecule has 0 amide bonds. The third-order valence-corrected chi connectivity index (χ3v) is 7.27. The fraction of sp³-hybridized carbons (Fsp3) is 0.208. The number of benzene rings is 3. The summed E-state index contributed by atoms with van der Waals surface area (Å²) in [6, 6.07) is 18.2. The second-order valence-electron chi connectivity index (χ2n) is 7.05. The quantitative estimate of drug-likeness (QED) is 0.592. The lowest BCUT2D eigenvalue weighted by atomic mass is 10.0. The summed E-state index contributed by atoms with van der Waals surface area (Å²) in [5, 5.41) is 9.36. The Hall–Kier alpha value is -3.32. The van der Waals surface area contributed by atoms with Crippen LogP contribution in [0.1, 0.15) is 39.7 Å². The van der Waals surface area contributed by atoms with E-state index in [0.29, 0.717) is 11.3 Å². The van der Waals surface area contributed by atoms with Crippen LogP contribution in [0.4, 0.5) is 0 Å². The Kier molecular flexibility index (Phi) is 6.36. The molecule has 0 fully saturated rings. The first-order chi connectivity index (χ1) is 14.4. The van der Waals surface area contributed by atoms with Crippen LogP contribution in [0.15, 0.2) is 71.6 Å². The van der Waals surface area contributed by atoms with Crippen molar-refractivity contribution >= 4 is 15.8 Å². The number of ether oxygens (including phenoxy) is 2. The Balaban J connectivity index is 0.00000272. The molecule has 0 saturated heterocycles. The molecule has 1 aliphatic heterocycles. The highest BCUT2D eigenvalue weighted by molar-refractivity contribution is 7.91. The van der Waals surface area contributed by atoms with Crippen molar-refractivity contribution in [2.24, 2.45) is 0 Å². The lowest BCUT2D eigenvalue weighted by Gasteiger charge is -2.22. The largest absolute Gasteiger partial charge is 0.507 e. The highest BCUT2D eigenvalue weighted by Crippen LogP contribution is 2.37. The molecule has 1 atom stereocenters. The average Bonchev–Trinajstić information content (AvgIpc) is 2.75. The molecule has 0 spiro atoms. The predicted molar refractivity (Wildman–Crippen MR) is 117 cm³/mol. The highest BCUT2D eigenvalue weighted by Gasteiger charge is 2.32. The summed E-state index contributed by atoms with van der Waals surface area (Å²) in [5.41, 5.74) is 1.84. The molecular weight excluding hydrogens is 416 g/mol. The molecule has 7 heteroatoms. The summed E-state index contributed by atoms with van der Waals surface area (Å²) < 4.78 is 37.8. The van der Waals surface area contributed by atoms with Gasteiger partial charge in [-0.1, -0.05) is 43.8 Å².